The Morgan fingerprint density at radius 2 is 2.26 bits per heavy atom. The molecule has 1 fully saturated rings. The maximum atomic E-state index is 10.9. The number of nitro groups is 1. The lowest BCUT2D eigenvalue weighted by Gasteiger charge is -2.32. The summed E-state index contributed by atoms with van der Waals surface area (Å²) >= 11 is 0. The molecule has 1 N–H and O–H groups in total. The van der Waals surface area contributed by atoms with Crippen LogP contribution in [0.4, 0.5) is 11.5 Å². The first kappa shape index (κ1) is 13.7. The van der Waals surface area contributed by atoms with E-state index in [1.807, 2.05) is 0 Å². The summed E-state index contributed by atoms with van der Waals surface area (Å²) in [6.07, 6.45) is 4.77. The molecule has 0 aromatic carbocycles. The molecule has 2 heterocycles. The predicted octanol–water partition coefficient (Wildman–Crippen LogP) is 2.28. The minimum absolute atomic E-state index is 0.0542. The Kier molecular flexibility index (Phi) is 4.68. The number of likely N-dealkylation sites (tertiary alicyclic amines) is 1. The summed E-state index contributed by atoms with van der Waals surface area (Å²) in [5.74, 6) is 0.390. The van der Waals surface area contributed by atoms with E-state index in [0.29, 0.717) is 5.82 Å². The molecule has 0 aliphatic carbocycles. The summed E-state index contributed by atoms with van der Waals surface area (Å²) in [7, 11) is 0. The van der Waals surface area contributed by atoms with Gasteiger partial charge in [0.2, 0.25) is 5.82 Å². The maximum Gasteiger partial charge on any atom is 0.311 e. The van der Waals surface area contributed by atoms with E-state index in [-0.39, 0.29) is 16.7 Å². The van der Waals surface area contributed by atoms with Crippen molar-refractivity contribution in [1.29, 1.82) is 0 Å². The van der Waals surface area contributed by atoms with E-state index < -0.39 is 0 Å². The smallest absolute Gasteiger partial charge is 0.311 e. The Bertz CT molecular complexity index is 430. The molecule has 0 bridgehead atoms. The second-order valence-electron chi connectivity index (χ2n) is 4.89. The summed E-state index contributed by atoms with van der Waals surface area (Å²) in [6, 6.07) is 3.36. The van der Waals surface area contributed by atoms with Crippen LogP contribution in [0.2, 0.25) is 0 Å². The van der Waals surface area contributed by atoms with Crippen molar-refractivity contribution in [3.05, 3.63) is 28.4 Å². The van der Waals surface area contributed by atoms with E-state index in [2.05, 4.69) is 22.1 Å². The largest absolute Gasteiger partial charge is 0.362 e. The molecule has 1 aliphatic rings. The van der Waals surface area contributed by atoms with E-state index in [1.165, 1.54) is 12.5 Å². The van der Waals surface area contributed by atoms with Crippen molar-refractivity contribution in [3.63, 3.8) is 0 Å². The zero-order chi connectivity index (χ0) is 13.7. The zero-order valence-electron chi connectivity index (χ0n) is 11.2. The molecule has 1 saturated heterocycles. The molecule has 0 amide bonds. The second-order valence-corrected chi connectivity index (χ2v) is 4.89. The molecule has 0 radical (unpaired) electrons. The Morgan fingerprint density at radius 3 is 2.89 bits per heavy atom. The van der Waals surface area contributed by atoms with Crippen LogP contribution in [0.1, 0.15) is 26.2 Å². The fourth-order valence-corrected chi connectivity index (χ4v) is 2.47. The monoisotopic (exact) mass is 264 g/mol. The van der Waals surface area contributed by atoms with Gasteiger partial charge in [-0.2, -0.15) is 0 Å². The summed E-state index contributed by atoms with van der Waals surface area (Å²) in [6.45, 7) is 5.41. The standard InChI is InChI=1S/C13H20N4O2/c1-2-8-16-9-5-11(6-10-16)15-13-12(17(18)19)4-3-7-14-13/h3-4,7,11H,2,5-6,8-10H2,1H3,(H,14,15). The molecular weight excluding hydrogens is 244 g/mol. The van der Waals surface area contributed by atoms with Gasteiger partial charge < -0.3 is 10.2 Å². The normalized spacial score (nSPS) is 17.3. The number of anilines is 1. The lowest BCUT2D eigenvalue weighted by molar-refractivity contribution is -0.384. The quantitative estimate of drug-likeness (QED) is 0.652. The number of piperidine rings is 1. The molecule has 0 spiro atoms. The highest BCUT2D eigenvalue weighted by Crippen LogP contribution is 2.23. The molecule has 2 rings (SSSR count). The van der Waals surface area contributed by atoms with Crippen molar-refractivity contribution in [2.75, 3.05) is 25.0 Å². The lowest BCUT2D eigenvalue weighted by Crippen LogP contribution is -2.39. The molecule has 1 aromatic heterocycles. The number of nitrogens with one attached hydrogen (secondary N) is 1. The molecule has 6 nitrogen and oxygen atoms in total. The molecule has 1 aromatic rings. The van der Waals surface area contributed by atoms with Crippen molar-refractivity contribution >= 4 is 11.5 Å². The molecule has 19 heavy (non-hydrogen) atoms. The molecule has 104 valence electrons. The summed E-state index contributed by atoms with van der Waals surface area (Å²) in [5.41, 5.74) is 0.0542. The van der Waals surface area contributed by atoms with Gasteiger partial charge in [-0.15, -0.1) is 0 Å². The van der Waals surface area contributed by atoms with Gasteiger partial charge in [0.05, 0.1) is 4.92 Å². The van der Waals surface area contributed by atoms with Gasteiger partial charge in [-0.25, -0.2) is 4.98 Å². The minimum Gasteiger partial charge on any atom is -0.362 e. The number of rotatable bonds is 5. The van der Waals surface area contributed by atoms with Crippen LogP contribution in [-0.4, -0.2) is 40.5 Å². The average Bonchev–Trinajstić information content (AvgIpc) is 2.42. The van der Waals surface area contributed by atoms with Gasteiger partial charge in [0.25, 0.3) is 0 Å². The third-order valence-corrected chi connectivity index (χ3v) is 3.45. The van der Waals surface area contributed by atoms with Crippen molar-refractivity contribution in [2.45, 2.75) is 32.2 Å². The van der Waals surface area contributed by atoms with Gasteiger partial charge in [-0.05, 0) is 31.9 Å². The first-order chi connectivity index (χ1) is 9.20. The van der Waals surface area contributed by atoms with Crippen molar-refractivity contribution < 1.29 is 4.92 Å². The van der Waals surface area contributed by atoms with Crippen LogP contribution in [0.25, 0.3) is 0 Å². The highest BCUT2D eigenvalue weighted by molar-refractivity contribution is 5.55. The van der Waals surface area contributed by atoms with Gasteiger partial charge >= 0.3 is 5.69 Å². The van der Waals surface area contributed by atoms with Gasteiger partial charge in [-0.3, -0.25) is 10.1 Å². The SMILES string of the molecule is CCCN1CCC(Nc2ncccc2[N+](=O)[O-])CC1. The highest BCUT2D eigenvalue weighted by Gasteiger charge is 2.22. The third kappa shape index (κ3) is 3.64. The topological polar surface area (TPSA) is 71.3 Å². The number of aromatic nitrogens is 1. The van der Waals surface area contributed by atoms with Crippen molar-refractivity contribution in [1.82, 2.24) is 9.88 Å². The van der Waals surface area contributed by atoms with Gasteiger partial charge in [0, 0.05) is 31.4 Å². The molecular formula is C13H20N4O2. The Hall–Kier alpha value is -1.69. The van der Waals surface area contributed by atoms with Gasteiger partial charge in [0.1, 0.15) is 0 Å². The van der Waals surface area contributed by atoms with Crippen LogP contribution in [0.15, 0.2) is 18.3 Å². The number of nitrogens with zero attached hydrogens (tertiary/aromatic N) is 3. The van der Waals surface area contributed by atoms with Gasteiger partial charge in [0.15, 0.2) is 0 Å². The highest BCUT2D eigenvalue weighted by atomic mass is 16.6. The fraction of sp³-hybridized carbons (Fsp3) is 0.615. The van der Waals surface area contributed by atoms with Crippen LogP contribution in [0.5, 0.6) is 0 Å². The van der Waals surface area contributed by atoms with E-state index in [1.54, 1.807) is 12.3 Å². The van der Waals surface area contributed by atoms with Crippen LogP contribution >= 0.6 is 0 Å². The van der Waals surface area contributed by atoms with Crippen LogP contribution in [0, 0.1) is 10.1 Å². The van der Waals surface area contributed by atoms with Gasteiger partial charge in [-0.1, -0.05) is 6.92 Å². The third-order valence-electron chi connectivity index (χ3n) is 3.45. The Morgan fingerprint density at radius 1 is 1.53 bits per heavy atom. The molecule has 6 heteroatoms. The first-order valence-electron chi connectivity index (χ1n) is 6.79. The zero-order valence-corrected chi connectivity index (χ0v) is 11.2. The maximum absolute atomic E-state index is 10.9. The summed E-state index contributed by atoms with van der Waals surface area (Å²) in [4.78, 5) is 17.0. The van der Waals surface area contributed by atoms with Crippen LogP contribution in [-0.2, 0) is 0 Å². The first-order valence-corrected chi connectivity index (χ1v) is 6.79. The predicted molar refractivity (Wildman–Crippen MR) is 74.3 cm³/mol. The molecule has 0 saturated carbocycles. The van der Waals surface area contributed by atoms with E-state index in [9.17, 15) is 10.1 Å². The Labute approximate surface area is 113 Å². The van der Waals surface area contributed by atoms with E-state index in [0.717, 1.165) is 32.5 Å². The average molecular weight is 264 g/mol. The van der Waals surface area contributed by atoms with E-state index in [4.69, 9.17) is 0 Å². The van der Waals surface area contributed by atoms with Crippen LogP contribution < -0.4 is 5.32 Å². The van der Waals surface area contributed by atoms with E-state index >= 15 is 0 Å². The minimum atomic E-state index is -0.387. The van der Waals surface area contributed by atoms with Crippen molar-refractivity contribution in [2.24, 2.45) is 0 Å². The number of hydrogen-bond donors (Lipinski definition) is 1. The number of hydrogen-bond acceptors (Lipinski definition) is 5. The second kappa shape index (κ2) is 6.47. The summed E-state index contributed by atoms with van der Waals surface area (Å²) in [5, 5.41) is 14.1. The number of pyridine rings is 1. The Balaban J connectivity index is 1.94. The summed E-state index contributed by atoms with van der Waals surface area (Å²) < 4.78 is 0. The lowest BCUT2D eigenvalue weighted by atomic mass is 10.0. The van der Waals surface area contributed by atoms with Crippen LogP contribution in [0.3, 0.4) is 0 Å². The fourth-order valence-electron chi connectivity index (χ4n) is 2.47. The molecule has 0 unspecified atom stereocenters. The van der Waals surface area contributed by atoms with Crippen molar-refractivity contribution in [3.8, 4) is 0 Å². The molecule has 1 aliphatic heterocycles. The molecule has 0 atom stereocenters.